The summed E-state index contributed by atoms with van der Waals surface area (Å²) in [5, 5.41) is 8.94. The Morgan fingerprint density at radius 1 is 1.45 bits per heavy atom. The average Bonchev–Trinajstić information content (AvgIpc) is 2.33. The second kappa shape index (κ2) is 5.54. The van der Waals surface area contributed by atoms with E-state index in [4.69, 9.17) is 5.11 Å². The molecule has 0 aliphatic carbocycles. The Kier molecular flexibility index (Phi) is 4.15. The van der Waals surface area contributed by atoms with Crippen LogP contribution in [0.3, 0.4) is 0 Å². The molecule has 1 aromatic carbocycles. The highest BCUT2D eigenvalue weighted by molar-refractivity contribution is 7.91. The van der Waals surface area contributed by atoms with Gasteiger partial charge in [-0.25, -0.2) is 13.2 Å². The van der Waals surface area contributed by atoms with Crippen molar-refractivity contribution >= 4 is 15.8 Å². The van der Waals surface area contributed by atoms with E-state index in [9.17, 15) is 13.2 Å². The summed E-state index contributed by atoms with van der Waals surface area (Å²) in [6.45, 7) is 4.98. The zero-order valence-corrected chi connectivity index (χ0v) is 12.5. The zero-order chi connectivity index (χ0) is 14.9. The molecule has 5 nitrogen and oxygen atoms in total. The molecule has 1 aromatic rings. The van der Waals surface area contributed by atoms with Crippen molar-refractivity contribution in [2.24, 2.45) is 0 Å². The van der Waals surface area contributed by atoms with Crippen molar-refractivity contribution in [1.29, 1.82) is 0 Å². The molecule has 6 heteroatoms. The van der Waals surface area contributed by atoms with Crippen LogP contribution in [0, 0.1) is 6.92 Å². The lowest BCUT2D eigenvalue weighted by Gasteiger charge is -2.33. The third-order valence-electron chi connectivity index (χ3n) is 3.77. The lowest BCUT2D eigenvalue weighted by atomic mass is 10.0. The van der Waals surface area contributed by atoms with Gasteiger partial charge in [-0.1, -0.05) is 6.07 Å². The summed E-state index contributed by atoms with van der Waals surface area (Å²) in [6, 6.07) is 5.06. The van der Waals surface area contributed by atoms with Gasteiger partial charge in [-0.05, 0) is 37.1 Å². The summed E-state index contributed by atoms with van der Waals surface area (Å²) in [5.74, 6) is -0.542. The Morgan fingerprint density at radius 3 is 2.70 bits per heavy atom. The highest BCUT2D eigenvalue weighted by Crippen LogP contribution is 2.18. The maximum Gasteiger partial charge on any atom is 0.335 e. The minimum Gasteiger partial charge on any atom is -0.478 e. The minimum atomic E-state index is -2.90. The van der Waals surface area contributed by atoms with Gasteiger partial charge in [0.25, 0.3) is 0 Å². The van der Waals surface area contributed by atoms with E-state index in [2.05, 4.69) is 4.90 Å². The number of benzene rings is 1. The smallest absolute Gasteiger partial charge is 0.335 e. The third-order valence-corrected chi connectivity index (χ3v) is 5.57. The molecule has 1 unspecified atom stereocenters. The van der Waals surface area contributed by atoms with Crippen LogP contribution in [0.4, 0.5) is 0 Å². The lowest BCUT2D eigenvalue weighted by molar-refractivity contribution is 0.0696. The number of rotatable bonds is 3. The van der Waals surface area contributed by atoms with E-state index in [1.165, 1.54) is 0 Å². The Labute approximate surface area is 119 Å². The summed E-state index contributed by atoms with van der Waals surface area (Å²) in [5.41, 5.74) is 2.24. The number of carbonyl (C=O) groups is 1. The number of aromatic carboxylic acids is 1. The summed E-state index contributed by atoms with van der Waals surface area (Å²) < 4.78 is 23.1. The molecule has 0 saturated carbocycles. The van der Waals surface area contributed by atoms with Crippen molar-refractivity contribution in [3.05, 3.63) is 34.9 Å². The van der Waals surface area contributed by atoms with Gasteiger partial charge in [0.05, 0.1) is 17.1 Å². The number of carboxylic acids is 1. The Morgan fingerprint density at radius 2 is 2.15 bits per heavy atom. The maximum absolute atomic E-state index is 11.6. The van der Waals surface area contributed by atoms with Crippen molar-refractivity contribution in [2.45, 2.75) is 26.4 Å². The number of sulfone groups is 1. The molecule has 20 heavy (non-hydrogen) atoms. The number of carboxylic acid groups (broad SMARTS) is 1. The van der Waals surface area contributed by atoms with Gasteiger partial charge < -0.3 is 5.11 Å². The molecule has 110 valence electrons. The molecule has 2 rings (SSSR count). The van der Waals surface area contributed by atoms with E-state index in [1.54, 1.807) is 12.1 Å². The van der Waals surface area contributed by atoms with E-state index >= 15 is 0 Å². The first-order valence-corrected chi connectivity index (χ1v) is 8.38. The Bertz CT molecular complexity index is 624. The SMILES string of the molecule is Cc1cc(C(=O)O)ccc1CN1CCS(=O)(=O)CC1C. The van der Waals surface area contributed by atoms with Crippen molar-refractivity contribution in [3.8, 4) is 0 Å². The normalized spacial score (nSPS) is 22.6. The number of hydrogen-bond donors (Lipinski definition) is 1. The van der Waals surface area contributed by atoms with E-state index in [0.29, 0.717) is 13.1 Å². The molecule has 1 aliphatic rings. The quantitative estimate of drug-likeness (QED) is 0.910. The van der Waals surface area contributed by atoms with Crippen LogP contribution in [0.5, 0.6) is 0 Å². The van der Waals surface area contributed by atoms with Gasteiger partial charge in [-0.3, -0.25) is 4.90 Å². The number of aryl methyl sites for hydroxylation is 1. The van der Waals surface area contributed by atoms with Gasteiger partial charge in [0.15, 0.2) is 9.84 Å². The molecule has 1 saturated heterocycles. The Hall–Kier alpha value is -1.40. The molecule has 0 aromatic heterocycles. The van der Waals surface area contributed by atoms with Gasteiger partial charge in [-0.15, -0.1) is 0 Å². The predicted octanol–water partition coefficient (Wildman–Crippen LogP) is 1.31. The first-order chi connectivity index (χ1) is 9.28. The topological polar surface area (TPSA) is 74.7 Å². The molecule has 0 amide bonds. The molecule has 0 bridgehead atoms. The van der Waals surface area contributed by atoms with E-state index in [0.717, 1.165) is 11.1 Å². The van der Waals surface area contributed by atoms with Crippen LogP contribution in [0.15, 0.2) is 18.2 Å². The molecule has 0 radical (unpaired) electrons. The first kappa shape index (κ1) is 15.0. The monoisotopic (exact) mass is 297 g/mol. The van der Waals surface area contributed by atoms with E-state index in [-0.39, 0.29) is 23.1 Å². The standard InChI is InChI=1S/C14H19NO4S/c1-10-7-12(14(16)17)3-4-13(10)8-15-5-6-20(18,19)9-11(15)2/h3-4,7,11H,5-6,8-9H2,1-2H3,(H,16,17). The molecule has 1 N–H and O–H groups in total. The van der Waals surface area contributed by atoms with Gasteiger partial charge >= 0.3 is 5.97 Å². The van der Waals surface area contributed by atoms with Crippen LogP contribution in [-0.4, -0.2) is 48.5 Å². The highest BCUT2D eigenvalue weighted by Gasteiger charge is 2.28. The molecule has 1 heterocycles. The highest BCUT2D eigenvalue weighted by atomic mass is 32.2. The summed E-state index contributed by atoms with van der Waals surface area (Å²) in [4.78, 5) is 13.0. The second-order valence-electron chi connectivity index (χ2n) is 5.38. The average molecular weight is 297 g/mol. The van der Waals surface area contributed by atoms with Crippen molar-refractivity contribution in [3.63, 3.8) is 0 Å². The first-order valence-electron chi connectivity index (χ1n) is 6.56. The Balaban J connectivity index is 2.13. The molecule has 0 spiro atoms. The van der Waals surface area contributed by atoms with Crippen LogP contribution in [-0.2, 0) is 16.4 Å². The van der Waals surface area contributed by atoms with Gasteiger partial charge in [-0.2, -0.15) is 0 Å². The molecule has 1 aliphatic heterocycles. The largest absolute Gasteiger partial charge is 0.478 e. The fraction of sp³-hybridized carbons (Fsp3) is 0.500. The summed E-state index contributed by atoms with van der Waals surface area (Å²) in [7, 11) is -2.90. The summed E-state index contributed by atoms with van der Waals surface area (Å²) >= 11 is 0. The van der Waals surface area contributed by atoms with E-state index in [1.807, 2.05) is 19.9 Å². The van der Waals surface area contributed by atoms with Gasteiger partial charge in [0.2, 0.25) is 0 Å². The number of nitrogens with zero attached hydrogens (tertiary/aromatic N) is 1. The number of hydrogen-bond acceptors (Lipinski definition) is 4. The van der Waals surface area contributed by atoms with Crippen LogP contribution in [0.2, 0.25) is 0 Å². The minimum absolute atomic E-state index is 0.00713. The predicted molar refractivity (Wildman–Crippen MR) is 76.7 cm³/mol. The zero-order valence-electron chi connectivity index (χ0n) is 11.7. The maximum atomic E-state index is 11.6. The van der Waals surface area contributed by atoms with Crippen molar-refractivity contribution in [2.75, 3.05) is 18.1 Å². The van der Waals surface area contributed by atoms with Crippen molar-refractivity contribution < 1.29 is 18.3 Å². The van der Waals surface area contributed by atoms with Gasteiger partial charge in [0.1, 0.15) is 0 Å². The lowest BCUT2D eigenvalue weighted by Crippen LogP contribution is -2.46. The van der Waals surface area contributed by atoms with E-state index < -0.39 is 15.8 Å². The molecule has 1 atom stereocenters. The summed E-state index contributed by atoms with van der Waals surface area (Å²) in [6.07, 6.45) is 0. The van der Waals surface area contributed by atoms with Crippen LogP contribution < -0.4 is 0 Å². The molecule has 1 fully saturated rings. The van der Waals surface area contributed by atoms with Crippen molar-refractivity contribution in [1.82, 2.24) is 4.90 Å². The fourth-order valence-electron chi connectivity index (χ4n) is 2.49. The van der Waals surface area contributed by atoms with Gasteiger partial charge in [0, 0.05) is 19.1 Å². The molecular weight excluding hydrogens is 278 g/mol. The van der Waals surface area contributed by atoms with Crippen LogP contribution in [0.1, 0.15) is 28.4 Å². The van der Waals surface area contributed by atoms with Crippen LogP contribution in [0.25, 0.3) is 0 Å². The fourth-order valence-corrected chi connectivity index (χ4v) is 4.12. The molecular formula is C14H19NO4S. The second-order valence-corrected chi connectivity index (χ2v) is 7.61. The van der Waals surface area contributed by atoms with Crippen LogP contribution >= 0.6 is 0 Å². The third kappa shape index (κ3) is 3.37.